The maximum Gasteiger partial charge on any atom is 0.345 e. The van der Waals surface area contributed by atoms with E-state index < -0.39 is 12.1 Å². The van der Waals surface area contributed by atoms with E-state index >= 15 is 0 Å². The van der Waals surface area contributed by atoms with E-state index in [9.17, 15) is 4.79 Å². The largest absolute Gasteiger partial charge is 0.478 e. The van der Waals surface area contributed by atoms with Gasteiger partial charge in [0.2, 0.25) is 0 Å². The van der Waals surface area contributed by atoms with Crippen molar-refractivity contribution in [3.8, 4) is 5.75 Å². The van der Waals surface area contributed by atoms with Crippen molar-refractivity contribution in [2.24, 2.45) is 5.92 Å². The Morgan fingerprint density at radius 3 is 2.93 bits per heavy atom. The summed E-state index contributed by atoms with van der Waals surface area (Å²) >= 11 is 0. The van der Waals surface area contributed by atoms with Crippen LogP contribution < -0.4 is 4.74 Å². The van der Waals surface area contributed by atoms with E-state index in [0.717, 1.165) is 12.0 Å². The summed E-state index contributed by atoms with van der Waals surface area (Å²) in [5.41, 5.74) is 1.09. The Bertz CT molecular complexity index is 359. The van der Waals surface area contributed by atoms with Crippen molar-refractivity contribution >= 4 is 5.97 Å². The number of para-hydroxylation sites is 1. The molecule has 0 fully saturated rings. The summed E-state index contributed by atoms with van der Waals surface area (Å²) in [6.07, 6.45) is 0.0672. The topological polar surface area (TPSA) is 46.5 Å². The van der Waals surface area contributed by atoms with Crippen molar-refractivity contribution in [1.82, 2.24) is 0 Å². The molecule has 0 radical (unpaired) electrons. The summed E-state index contributed by atoms with van der Waals surface area (Å²) in [4.78, 5) is 10.8. The molecule has 74 valence electrons. The van der Waals surface area contributed by atoms with Gasteiger partial charge in [-0.15, -0.1) is 0 Å². The molecular weight excluding hydrogens is 180 g/mol. The Morgan fingerprint density at radius 2 is 2.21 bits per heavy atom. The second-order valence-electron chi connectivity index (χ2n) is 3.67. The monoisotopic (exact) mass is 192 g/mol. The van der Waals surface area contributed by atoms with Crippen LogP contribution >= 0.6 is 0 Å². The fraction of sp³-hybridized carbons (Fsp3) is 0.364. The van der Waals surface area contributed by atoms with E-state index in [0.29, 0.717) is 5.75 Å². The highest BCUT2D eigenvalue weighted by Gasteiger charge is 2.31. The third kappa shape index (κ3) is 1.45. The maximum atomic E-state index is 10.8. The van der Waals surface area contributed by atoms with Crippen LogP contribution in [0.2, 0.25) is 0 Å². The van der Waals surface area contributed by atoms with Gasteiger partial charge in [-0.05, 0) is 18.1 Å². The lowest BCUT2D eigenvalue weighted by atomic mass is 9.92. The van der Waals surface area contributed by atoms with Gasteiger partial charge in [-0.25, -0.2) is 4.79 Å². The number of aliphatic carboxylic acids is 1. The number of hydrogen-bond acceptors (Lipinski definition) is 2. The van der Waals surface area contributed by atoms with Crippen molar-refractivity contribution in [1.29, 1.82) is 0 Å². The molecule has 0 aliphatic carbocycles. The maximum absolute atomic E-state index is 10.8. The average Bonchev–Trinajstić information content (AvgIpc) is 2.16. The zero-order chi connectivity index (χ0) is 10.1. The van der Waals surface area contributed by atoms with Gasteiger partial charge in [0.05, 0.1) is 0 Å². The normalized spacial score (nSPS) is 24.9. The molecule has 1 aliphatic rings. The molecule has 3 nitrogen and oxygen atoms in total. The van der Waals surface area contributed by atoms with Gasteiger partial charge in [0.1, 0.15) is 5.75 Å². The number of ether oxygens (including phenoxy) is 1. The van der Waals surface area contributed by atoms with Crippen LogP contribution in [-0.4, -0.2) is 17.2 Å². The lowest BCUT2D eigenvalue weighted by Gasteiger charge is -2.28. The Morgan fingerprint density at radius 1 is 1.50 bits per heavy atom. The Kier molecular flexibility index (Phi) is 2.15. The van der Waals surface area contributed by atoms with Crippen molar-refractivity contribution < 1.29 is 14.6 Å². The van der Waals surface area contributed by atoms with E-state index in [-0.39, 0.29) is 5.92 Å². The molecule has 1 N–H and O–H groups in total. The van der Waals surface area contributed by atoms with Crippen LogP contribution in [0, 0.1) is 5.92 Å². The van der Waals surface area contributed by atoms with Crippen molar-refractivity contribution in [2.45, 2.75) is 19.4 Å². The predicted molar refractivity (Wildman–Crippen MR) is 51.4 cm³/mol. The fourth-order valence-electron chi connectivity index (χ4n) is 1.79. The van der Waals surface area contributed by atoms with Crippen LogP contribution in [0.25, 0.3) is 0 Å². The molecule has 2 rings (SSSR count). The van der Waals surface area contributed by atoms with Gasteiger partial charge in [0.15, 0.2) is 6.10 Å². The van der Waals surface area contributed by atoms with E-state index in [2.05, 4.69) is 0 Å². The molecule has 0 saturated heterocycles. The lowest BCUT2D eigenvalue weighted by molar-refractivity contribution is -0.148. The molecule has 0 saturated carbocycles. The number of hydrogen-bond donors (Lipinski definition) is 1. The van der Waals surface area contributed by atoms with Crippen LogP contribution in [0.15, 0.2) is 24.3 Å². The predicted octanol–water partition coefficient (Wildman–Crippen LogP) is 1.71. The Labute approximate surface area is 82.3 Å². The van der Waals surface area contributed by atoms with E-state index in [1.807, 2.05) is 31.2 Å². The van der Waals surface area contributed by atoms with Crippen molar-refractivity contribution in [3.63, 3.8) is 0 Å². The molecule has 1 heterocycles. The second kappa shape index (κ2) is 3.33. The highest BCUT2D eigenvalue weighted by atomic mass is 16.5. The number of benzene rings is 1. The first kappa shape index (κ1) is 9.06. The molecule has 0 aromatic heterocycles. The summed E-state index contributed by atoms with van der Waals surface area (Å²) in [6.45, 7) is 1.90. The molecule has 1 aliphatic heterocycles. The summed E-state index contributed by atoms with van der Waals surface area (Å²) < 4.78 is 5.41. The quantitative estimate of drug-likeness (QED) is 0.736. The highest BCUT2D eigenvalue weighted by molar-refractivity contribution is 5.73. The summed E-state index contributed by atoms with van der Waals surface area (Å²) in [7, 11) is 0. The minimum Gasteiger partial charge on any atom is -0.478 e. The molecule has 0 amide bonds. The first-order valence-corrected chi connectivity index (χ1v) is 4.66. The molecule has 1 aromatic carbocycles. The Balaban J connectivity index is 2.31. The molecule has 0 unspecified atom stereocenters. The van der Waals surface area contributed by atoms with Crippen LogP contribution in [0.4, 0.5) is 0 Å². The van der Waals surface area contributed by atoms with Gasteiger partial charge in [-0.3, -0.25) is 0 Å². The molecule has 1 aromatic rings. The SMILES string of the molecule is C[C@@H]1Cc2ccccc2O[C@@H]1C(=O)O. The van der Waals surface area contributed by atoms with Gasteiger partial charge in [-0.1, -0.05) is 25.1 Å². The van der Waals surface area contributed by atoms with Crippen LogP contribution in [0.1, 0.15) is 12.5 Å². The number of fused-ring (bicyclic) bond motifs is 1. The Hall–Kier alpha value is -1.51. The first-order valence-electron chi connectivity index (χ1n) is 4.66. The van der Waals surface area contributed by atoms with Gasteiger partial charge < -0.3 is 9.84 Å². The van der Waals surface area contributed by atoms with Gasteiger partial charge >= 0.3 is 5.97 Å². The van der Waals surface area contributed by atoms with Crippen molar-refractivity contribution in [3.05, 3.63) is 29.8 Å². The van der Waals surface area contributed by atoms with E-state index in [1.165, 1.54) is 0 Å². The van der Waals surface area contributed by atoms with Gasteiger partial charge in [-0.2, -0.15) is 0 Å². The fourth-order valence-corrected chi connectivity index (χ4v) is 1.79. The highest BCUT2D eigenvalue weighted by Crippen LogP contribution is 2.30. The van der Waals surface area contributed by atoms with Crippen LogP contribution in [0.5, 0.6) is 5.75 Å². The molecule has 2 atom stereocenters. The van der Waals surface area contributed by atoms with Gasteiger partial charge in [0.25, 0.3) is 0 Å². The van der Waals surface area contributed by atoms with Crippen LogP contribution in [-0.2, 0) is 11.2 Å². The summed E-state index contributed by atoms with van der Waals surface area (Å²) in [6, 6.07) is 7.59. The molecule has 3 heteroatoms. The number of carbonyl (C=O) groups is 1. The molecule has 0 spiro atoms. The van der Waals surface area contributed by atoms with Crippen LogP contribution in [0.3, 0.4) is 0 Å². The number of rotatable bonds is 1. The lowest BCUT2D eigenvalue weighted by Crippen LogP contribution is -2.37. The molecule has 0 bridgehead atoms. The molecular formula is C11H12O3. The van der Waals surface area contributed by atoms with E-state index in [4.69, 9.17) is 9.84 Å². The second-order valence-corrected chi connectivity index (χ2v) is 3.67. The number of carboxylic acid groups (broad SMARTS) is 1. The smallest absolute Gasteiger partial charge is 0.345 e. The third-order valence-electron chi connectivity index (χ3n) is 2.53. The summed E-state index contributed by atoms with van der Waals surface area (Å²) in [5.74, 6) is -0.146. The number of carboxylic acids is 1. The standard InChI is InChI=1S/C11H12O3/c1-7-6-8-4-2-3-5-9(8)14-10(7)11(12)13/h2-5,7,10H,6H2,1H3,(H,12,13)/t7-,10+/m1/s1. The average molecular weight is 192 g/mol. The minimum atomic E-state index is -0.882. The van der Waals surface area contributed by atoms with E-state index in [1.54, 1.807) is 0 Å². The van der Waals surface area contributed by atoms with Crippen molar-refractivity contribution in [2.75, 3.05) is 0 Å². The zero-order valence-electron chi connectivity index (χ0n) is 7.93. The molecule has 14 heavy (non-hydrogen) atoms. The third-order valence-corrected chi connectivity index (χ3v) is 2.53. The zero-order valence-corrected chi connectivity index (χ0v) is 7.93. The summed E-state index contributed by atoms with van der Waals surface area (Å²) in [5, 5.41) is 8.91. The minimum absolute atomic E-state index is 0.0300. The first-order chi connectivity index (χ1) is 6.68. The van der Waals surface area contributed by atoms with Gasteiger partial charge in [0, 0.05) is 5.92 Å².